The quantitative estimate of drug-likeness (QED) is 0.484. The van der Waals surface area contributed by atoms with Gasteiger partial charge >= 0.3 is 6.18 Å². The second kappa shape index (κ2) is 10.2. The standard InChI is InChI=1S/C25H21F3N2O3/c1-16(19-6-8-20(9-7-19)25(26,27)28)23(31)13-10-21-14-24(30-17(2)29-21)33-15-18-4-11-22(32-3)12-5-18/h4-9,11-12,14,16H,15H2,1-3H3. The van der Waals surface area contributed by atoms with Crippen LogP contribution in [0.3, 0.4) is 0 Å². The van der Waals surface area contributed by atoms with E-state index >= 15 is 0 Å². The minimum absolute atomic E-state index is 0.275. The van der Waals surface area contributed by atoms with Gasteiger partial charge in [0.2, 0.25) is 11.7 Å². The number of ketones is 1. The molecule has 2 aromatic carbocycles. The number of nitrogens with zero attached hydrogens (tertiary/aromatic N) is 2. The summed E-state index contributed by atoms with van der Waals surface area (Å²) in [6.07, 6.45) is -4.43. The molecule has 0 aliphatic heterocycles. The van der Waals surface area contributed by atoms with Gasteiger partial charge in [-0.2, -0.15) is 18.2 Å². The van der Waals surface area contributed by atoms with Gasteiger partial charge < -0.3 is 9.47 Å². The van der Waals surface area contributed by atoms with Crippen LogP contribution >= 0.6 is 0 Å². The molecule has 0 saturated heterocycles. The van der Waals surface area contributed by atoms with Gasteiger partial charge in [0.15, 0.2) is 0 Å². The molecule has 33 heavy (non-hydrogen) atoms. The van der Waals surface area contributed by atoms with Gasteiger partial charge in [-0.15, -0.1) is 0 Å². The lowest BCUT2D eigenvalue weighted by Gasteiger charge is -2.10. The minimum atomic E-state index is -4.43. The molecular formula is C25H21F3N2O3. The van der Waals surface area contributed by atoms with Crippen LogP contribution in [-0.2, 0) is 17.6 Å². The molecule has 0 saturated carbocycles. The topological polar surface area (TPSA) is 61.3 Å². The van der Waals surface area contributed by atoms with Crippen LogP contribution in [0.5, 0.6) is 11.6 Å². The van der Waals surface area contributed by atoms with Gasteiger partial charge in [-0.1, -0.05) is 31.2 Å². The van der Waals surface area contributed by atoms with E-state index in [0.717, 1.165) is 23.4 Å². The number of Topliss-reactive ketones (excluding diaryl/α,β-unsaturated/α-hetero) is 1. The van der Waals surface area contributed by atoms with Gasteiger partial charge in [-0.05, 0) is 54.2 Å². The van der Waals surface area contributed by atoms with Crippen LogP contribution in [0.2, 0.25) is 0 Å². The molecule has 170 valence electrons. The predicted molar refractivity (Wildman–Crippen MR) is 116 cm³/mol. The summed E-state index contributed by atoms with van der Waals surface area (Å²) < 4.78 is 49.0. The number of rotatable bonds is 6. The molecule has 8 heteroatoms. The van der Waals surface area contributed by atoms with Crippen molar-refractivity contribution in [3.63, 3.8) is 0 Å². The number of hydrogen-bond donors (Lipinski definition) is 0. The number of benzene rings is 2. The Bertz CT molecular complexity index is 1180. The van der Waals surface area contributed by atoms with E-state index in [4.69, 9.17) is 9.47 Å². The van der Waals surface area contributed by atoms with Crippen LogP contribution in [-0.4, -0.2) is 22.9 Å². The number of alkyl halides is 3. The predicted octanol–water partition coefficient (Wildman–Crippen LogP) is 5.12. The molecule has 0 bridgehead atoms. The Morgan fingerprint density at radius 2 is 1.73 bits per heavy atom. The van der Waals surface area contributed by atoms with Crippen LogP contribution in [0.1, 0.15) is 41.1 Å². The van der Waals surface area contributed by atoms with Crippen molar-refractivity contribution in [2.24, 2.45) is 0 Å². The smallest absolute Gasteiger partial charge is 0.416 e. The highest BCUT2D eigenvalue weighted by molar-refractivity contribution is 6.00. The summed E-state index contributed by atoms with van der Waals surface area (Å²) in [6, 6.07) is 13.4. The van der Waals surface area contributed by atoms with E-state index in [1.807, 2.05) is 24.3 Å². The summed E-state index contributed by atoms with van der Waals surface area (Å²) in [4.78, 5) is 20.9. The highest BCUT2D eigenvalue weighted by Gasteiger charge is 2.30. The average molecular weight is 454 g/mol. The number of aryl methyl sites for hydroxylation is 1. The molecule has 1 aromatic heterocycles. The molecule has 0 aliphatic carbocycles. The molecule has 0 N–H and O–H groups in total. The molecule has 1 atom stereocenters. The first-order valence-corrected chi connectivity index (χ1v) is 10.00. The van der Waals surface area contributed by atoms with E-state index in [1.54, 1.807) is 21.0 Å². The van der Waals surface area contributed by atoms with Crippen LogP contribution in [0.15, 0.2) is 54.6 Å². The Hall–Kier alpha value is -3.86. The summed E-state index contributed by atoms with van der Waals surface area (Å²) in [7, 11) is 1.59. The molecule has 0 fully saturated rings. The normalized spacial score (nSPS) is 11.8. The third-order valence-corrected chi connectivity index (χ3v) is 4.81. The average Bonchev–Trinajstić information content (AvgIpc) is 2.80. The molecule has 3 rings (SSSR count). The fraction of sp³-hybridized carbons (Fsp3) is 0.240. The number of carbonyl (C=O) groups is 1. The molecule has 1 unspecified atom stereocenters. The maximum Gasteiger partial charge on any atom is 0.416 e. The Morgan fingerprint density at radius 3 is 2.33 bits per heavy atom. The van der Waals surface area contributed by atoms with E-state index in [1.165, 1.54) is 18.2 Å². The Kier molecular flexibility index (Phi) is 7.34. The molecule has 0 aliphatic rings. The lowest BCUT2D eigenvalue weighted by Crippen LogP contribution is -2.09. The zero-order chi connectivity index (χ0) is 24.0. The number of halogens is 3. The van der Waals surface area contributed by atoms with Crippen molar-refractivity contribution in [3.8, 4) is 23.5 Å². The fourth-order valence-electron chi connectivity index (χ4n) is 2.90. The summed E-state index contributed by atoms with van der Waals surface area (Å²) in [5.41, 5.74) is 0.903. The molecular weight excluding hydrogens is 433 g/mol. The summed E-state index contributed by atoms with van der Waals surface area (Å²) in [5, 5.41) is 0. The Balaban J connectivity index is 1.68. The van der Waals surface area contributed by atoms with E-state index in [2.05, 4.69) is 21.8 Å². The van der Waals surface area contributed by atoms with Crippen LogP contribution in [0.25, 0.3) is 0 Å². The van der Waals surface area contributed by atoms with Gasteiger partial charge in [0.1, 0.15) is 23.9 Å². The Labute approximate surface area is 189 Å². The first-order chi connectivity index (χ1) is 15.7. The van der Waals surface area contributed by atoms with E-state index in [0.29, 0.717) is 23.0 Å². The molecule has 1 heterocycles. The maximum absolute atomic E-state index is 12.7. The first kappa shape index (κ1) is 23.8. The summed E-state index contributed by atoms with van der Waals surface area (Å²) >= 11 is 0. The van der Waals surface area contributed by atoms with Crippen molar-refractivity contribution in [1.82, 2.24) is 9.97 Å². The third-order valence-electron chi connectivity index (χ3n) is 4.81. The second-order valence-electron chi connectivity index (χ2n) is 7.23. The highest BCUT2D eigenvalue weighted by Crippen LogP contribution is 2.30. The largest absolute Gasteiger partial charge is 0.497 e. The molecule has 0 spiro atoms. The maximum atomic E-state index is 12.7. The molecule has 3 aromatic rings. The lowest BCUT2D eigenvalue weighted by atomic mass is 9.96. The number of hydrogen-bond acceptors (Lipinski definition) is 5. The molecule has 5 nitrogen and oxygen atoms in total. The zero-order valence-electron chi connectivity index (χ0n) is 18.2. The molecule has 0 amide bonds. The lowest BCUT2D eigenvalue weighted by molar-refractivity contribution is -0.137. The first-order valence-electron chi connectivity index (χ1n) is 10.00. The van der Waals surface area contributed by atoms with Gasteiger partial charge in [0.25, 0.3) is 0 Å². The number of ether oxygens (including phenoxy) is 2. The van der Waals surface area contributed by atoms with Crippen molar-refractivity contribution in [2.75, 3.05) is 7.11 Å². The minimum Gasteiger partial charge on any atom is -0.497 e. The number of methoxy groups -OCH3 is 1. The van der Waals surface area contributed by atoms with Crippen molar-refractivity contribution in [3.05, 3.63) is 82.8 Å². The van der Waals surface area contributed by atoms with Crippen molar-refractivity contribution >= 4 is 5.78 Å². The van der Waals surface area contributed by atoms with E-state index in [-0.39, 0.29) is 6.61 Å². The van der Waals surface area contributed by atoms with Gasteiger partial charge in [-0.25, -0.2) is 4.98 Å². The fourth-order valence-corrected chi connectivity index (χ4v) is 2.90. The SMILES string of the molecule is COc1ccc(COc2cc(C#CC(=O)C(C)c3ccc(C(F)(F)F)cc3)nc(C)n2)cc1. The van der Waals surface area contributed by atoms with Gasteiger partial charge in [-0.3, -0.25) is 4.79 Å². The Morgan fingerprint density at radius 1 is 1.06 bits per heavy atom. The van der Waals surface area contributed by atoms with E-state index < -0.39 is 23.4 Å². The van der Waals surface area contributed by atoms with Gasteiger partial charge in [0, 0.05) is 6.07 Å². The van der Waals surface area contributed by atoms with Crippen molar-refractivity contribution < 1.29 is 27.4 Å². The van der Waals surface area contributed by atoms with Crippen molar-refractivity contribution in [2.45, 2.75) is 32.5 Å². The molecule has 0 radical (unpaired) electrons. The monoisotopic (exact) mass is 454 g/mol. The van der Waals surface area contributed by atoms with Crippen LogP contribution in [0.4, 0.5) is 13.2 Å². The zero-order valence-corrected chi connectivity index (χ0v) is 18.2. The second-order valence-corrected chi connectivity index (χ2v) is 7.23. The third kappa shape index (κ3) is 6.56. The highest BCUT2D eigenvalue weighted by atomic mass is 19.4. The van der Waals surface area contributed by atoms with Crippen LogP contribution in [0, 0.1) is 18.8 Å². The van der Waals surface area contributed by atoms with Crippen LogP contribution < -0.4 is 9.47 Å². The number of aromatic nitrogens is 2. The number of carbonyl (C=O) groups excluding carboxylic acids is 1. The van der Waals surface area contributed by atoms with Gasteiger partial charge in [0.05, 0.1) is 18.6 Å². The summed E-state index contributed by atoms with van der Waals surface area (Å²) in [6.45, 7) is 3.55. The summed E-state index contributed by atoms with van der Waals surface area (Å²) in [5.74, 6) is 5.56. The van der Waals surface area contributed by atoms with E-state index in [9.17, 15) is 18.0 Å². The van der Waals surface area contributed by atoms with Crippen molar-refractivity contribution in [1.29, 1.82) is 0 Å².